The van der Waals surface area contributed by atoms with Crippen LogP contribution in [0.1, 0.15) is 110 Å². The number of nitrogens with zero attached hydrogens (tertiary/aromatic N) is 1. The van der Waals surface area contributed by atoms with Gasteiger partial charge in [0.05, 0.1) is 5.71 Å². The molecule has 0 spiro atoms. The van der Waals surface area contributed by atoms with Crippen LogP contribution in [-0.4, -0.2) is 5.71 Å². The number of allylic oxidation sites excluding steroid dienone is 8. The molecule has 1 heteroatoms. The average molecular weight is 932 g/mol. The van der Waals surface area contributed by atoms with Gasteiger partial charge in [0.2, 0.25) is 0 Å². The lowest BCUT2D eigenvalue weighted by molar-refractivity contribution is 0.660. The second-order valence-corrected chi connectivity index (χ2v) is 20.9. The second-order valence-electron chi connectivity index (χ2n) is 20.9. The minimum absolute atomic E-state index is 0.00106. The van der Waals surface area contributed by atoms with Crippen LogP contribution in [0, 0.1) is 13.8 Å². The van der Waals surface area contributed by atoms with E-state index in [4.69, 9.17) is 4.99 Å². The predicted molar refractivity (Wildman–Crippen MR) is 311 cm³/mol. The fourth-order valence-corrected chi connectivity index (χ4v) is 11.9. The Bertz CT molecular complexity index is 3630. The standard InChI is InChI=1S/C36H34.C35H31N/c1-7-12-26(13-8-2)27-20-18-24(3)31(22-27)32-23-28(21-19-25(32)4)29-15-11-17-34-35(29)30-14-9-10-16-33(30)36(34,5)6;1-22(2)36-32(29-17-11-19-31-34(29)28-15-8-9-18-30(28)35(31,4)5)20-23(3)26-16-10-13-25-21-24-12-6-7-14-27(24)33(25)26/h7-23H,1H2,2-6H3;6-20H,1,21H2,2-5H3/b13-8-,26-12+;23-20+,36-32?. The van der Waals surface area contributed by atoms with Gasteiger partial charge in [0.25, 0.3) is 0 Å². The summed E-state index contributed by atoms with van der Waals surface area (Å²) in [6.07, 6.45) is 11.4. The van der Waals surface area contributed by atoms with Crippen molar-refractivity contribution in [2.75, 3.05) is 0 Å². The first kappa shape index (κ1) is 47.8. The number of aryl methyl sites for hydroxylation is 2. The van der Waals surface area contributed by atoms with E-state index in [1.807, 2.05) is 13.0 Å². The third kappa shape index (κ3) is 8.31. The Labute approximate surface area is 429 Å². The van der Waals surface area contributed by atoms with Crippen molar-refractivity contribution in [1.29, 1.82) is 0 Å². The lowest BCUT2D eigenvalue weighted by Crippen LogP contribution is -2.15. The Kier molecular flexibility index (Phi) is 12.6. The summed E-state index contributed by atoms with van der Waals surface area (Å²) >= 11 is 0. The third-order valence-electron chi connectivity index (χ3n) is 15.5. The summed E-state index contributed by atoms with van der Waals surface area (Å²) in [7, 11) is 0. The molecule has 0 saturated heterocycles. The largest absolute Gasteiger partial charge is 0.254 e. The summed E-state index contributed by atoms with van der Waals surface area (Å²) in [5, 5.41) is 0. The molecular formula is C71H65N. The number of aliphatic imine (C=N–C) groups is 1. The van der Waals surface area contributed by atoms with Crippen LogP contribution in [-0.2, 0) is 17.3 Å². The van der Waals surface area contributed by atoms with Crippen molar-refractivity contribution in [3.05, 3.63) is 274 Å². The number of hydrogen-bond acceptors (Lipinski definition) is 1. The molecule has 0 heterocycles. The van der Waals surface area contributed by atoms with Gasteiger partial charge in [0, 0.05) is 22.1 Å². The summed E-state index contributed by atoms with van der Waals surface area (Å²) in [6, 6.07) is 60.3. The highest BCUT2D eigenvalue weighted by atomic mass is 14.7. The van der Waals surface area contributed by atoms with Gasteiger partial charge in [-0.3, -0.25) is 4.99 Å². The first-order chi connectivity index (χ1) is 34.7. The molecule has 0 N–H and O–H groups in total. The van der Waals surface area contributed by atoms with Crippen molar-refractivity contribution in [3.8, 4) is 55.6 Å². The molecule has 11 rings (SSSR count). The quantitative estimate of drug-likeness (QED) is 0.101. The fraction of sp³-hybridized carbons (Fsp3) is 0.169. The van der Waals surface area contributed by atoms with Crippen LogP contribution in [0.4, 0.5) is 0 Å². The maximum Gasteiger partial charge on any atom is 0.0714 e. The molecule has 3 aliphatic rings. The minimum atomic E-state index is -0.0427. The Hall–Kier alpha value is -7.87. The molecule has 354 valence electrons. The molecule has 0 fully saturated rings. The smallest absolute Gasteiger partial charge is 0.0714 e. The number of benzene rings is 8. The molecule has 72 heavy (non-hydrogen) atoms. The maximum atomic E-state index is 4.99. The molecule has 8 aromatic carbocycles. The van der Waals surface area contributed by atoms with Crippen molar-refractivity contribution >= 4 is 16.9 Å². The van der Waals surface area contributed by atoms with Gasteiger partial charge in [-0.15, -0.1) is 0 Å². The molecule has 8 aromatic rings. The Morgan fingerprint density at radius 3 is 1.75 bits per heavy atom. The second kappa shape index (κ2) is 19.0. The lowest BCUT2D eigenvalue weighted by atomic mass is 9.82. The van der Waals surface area contributed by atoms with E-state index in [1.54, 1.807) is 0 Å². The monoisotopic (exact) mass is 932 g/mol. The van der Waals surface area contributed by atoms with E-state index in [0.29, 0.717) is 0 Å². The SMILES string of the molecule is C=C(C)N=C(/C=C(\C)c1cccc2c1-c1ccccc1C2)c1cccc2c1-c1ccccc1C2(C)C.C=C/C=C(\C=C/C)c1ccc(C)c(-c2cc(-c3cccc4c3-c3ccccc3C4(C)C)ccc2C)c1. The van der Waals surface area contributed by atoms with Crippen LogP contribution in [0.5, 0.6) is 0 Å². The van der Waals surface area contributed by atoms with E-state index < -0.39 is 0 Å². The zero-order valence-electron chi connectivity index (χ0n) is 43.5. The van der Waals surface area contributed by atoms with Gasteiger partial charge in [0.1, 0.15) is 0 Å². The molecule has 1 nitrogen and oxygen atoms in total. The minimum Gasteiger partial charge on any atom is -0.254 e. The molecule has 0 amide bonds. The van der Waals surface area contributed by atoms with Crippen molar-refractivity contribution in [3.63, 3.8) is 0 Å². The zero-order chi connectivity index (χ0) is 50.5. The van der Waals surface area contributed by atoms with Gasteiger partial charge >= 0.3 is 0 Å². The van der Waals surface area contributed by atoms with Crippen molar-refractivity contribution in [2.24, 2.45) is 4.99 Å². The molecule has 0 atom stereocenters. The molecule has 0 saturated carbocycles. The Morgan fingerprint density at radius 1 is 0.528 bits per heavy atom. The van der Waals surface area contributed by atoms with Crippen LogP contribution in [0.25, 0.3) is 66.8 Å². The molecule has 0 radical (unpaired) electrons. The van der Waals surface area contributed by atoms with E-state index in [1.165, 1.54) is 128 Å². The molecule has 0 aromatic heterocycles. The Balaban J connectivity index is 0.000000166. The van der Waals surface area contributed by atoms with Crippen LogP contribution in [0.15, 0.2) is 218 Å². The van der Waals surface area contributed by atoms with Gasteiger partial charge in [0.15, 0.2) is 0 Å². The molecule has 3 aliphatic carbocycles. The molecule has 0 unspecified atom stereocenters. The number of hydrogen-bond donors (Lipinski definition) is 0. The first-order valence-electron chi connectivity index (χ1n) is 25.5. The zero-order valence-corrected chi connectivity index (χ0v) is 43.5. The predicted octanol–water partition coefficient (Wildman–Crippen LogP) is 19.1. The maximum absolute atomic E-state index is 4.99. The fourth-order valence-electron chi connectivity index (χ4n) is 11.9. The summed E-state index contributed by atoms with van der Waals surface area (Å²) in [5.74, 6) is 0. The number of rotatable bonds is 9. The van der Waals surface area contributed by atoms with E-state index in [2.05, 4.69) is 257 Å². The van der Waals surface area contributed by atoms with Crippen molar-refractivity contribution in [1.82, 2.24) is 0 Å². The van der Waals surface area contributed by atoms with Crippen LogP contribution in [0.3, 0.4) is 0 Å². The van der Waals surface area contributed by atoms with Crippen LogP contribution < -0.4 is 0 Å². The van der Waals surface area contributed by atoms with Gasteiger partial charge in [-0.05, 0) is 182 Å². The van der Waals surface area contributed by atoms with E-state index in [0.717, 1.165) is 17.8 Å². The van der Waals surface area contributed by atoms with E-state index in [9.17, 15) is 0 Å². The number of fused-ring (bicyclic) bond motifs is 9. The Morgan fingerprint density at radius 2 is 1.07 bits per heavy atom. The lowest BCUT2D eigenvalue weighted by Gasteiger charge is -2.21. The summed E-state index contributed by atoms with van der Waals surface area (Å²) < 4.78 is 0. The van der Waals surface area contributed by atoms with Crippen LogP contribution in [0.2, 0.25) is 0 Å². The summed E-state index contributed by atoms with van der Waals surface area (Å²) in [4.78, 5) is 4.99. The molecule has 0 bridgehead atoms. The average Bonchev–Trinajstić information content (AvgIpc) is 3.96. The molecule has 0 aliphatic heterocycles. The van der Waals surface area contributed by atoms with Gasteiger partial charge in [-0.1, -0.05) is 217 Å². The first-order valence-corrected chi connectivity index (χ1v) is 25.5. The van der Waals surface area contributed by atoms with Crippen molar-refractivity contribution < 1.29 is 0 Å². The van der Waals surface area contributed by atoms with Crippen LogP contribution >= 0.6 is 0 Å². The molecular weight excluding hydrogens is 867 g/mol. The third-order valence-corrected chi connectivity index (χ3v) is 15.5. The topological polar surface area (TPSA) is 12.4 Å². The van der Waals surface area contributed by atoms with E-state index in [-0.39, 0.29) is 10.8 Å². The highest BCUT2D eigenvalue weighted by molar-refractivity contribution is 6.17. The highest BCUT2D eigenvalue weighted by Crippen LogP contribution is 2.53. The van der Waals surface area contributed by atoms with Gasteiger partial charge in [-0.2, -0.15) is 0 Å². The summed E-state index contributed by atoms with van der Waals surface area (Å²) in [5.41, 5.74) is 31.9. The normalized spacial score (nSPS) is 14.7. The van der Waals surface area contributed by atoms with Gasteiger partial charge < -0.3 is 0 Å². The van der Waals surface area contributed by atoms with Crippen molar-refractivity contribution in [2.45, 2.75) is 79.6 Å². The highest BCUT2D eigenvalue weighted by Gasteiger charge is 2.38. The summed E-state index contributed by atoms with van der Waals surface area (Å²) in [6.45, 7) is 28.0. The van der Waals surface area contributed by atoms with E-state index >= 15 is 0 Å². The van der Waals surface area contributed by atoms with Gasteiger partial charge in [-0.25, -0.2) is 0 Å².